The third-order valence-corrected chi connectivity index (χ3v) is 4.39. The van der Waals surface area contributed by atoms with Crippen LogP contribution in [0, 0.1) is 13.8 Å². The first kappa shape index (κ1) is 18.0. The van der Waals surface area contributed by atoms with Crippen LogP contribution in [0.25, 0.3) is 5.69 Å². The summed E-state index contributed by atoms with van der Waals surface area (Å²) in [6.07, 6.45) is 5.04. The van der Waals surface area contributed by atoms with E-state index in [1.54, 1.807) is 46.2 Å². The molecule has 0 bridgehead atoms. The van der Waals surface area contributed by atoms with E-state index < -0.39 is 0 Å². The second-order valence-electron chi connectivity index (χ2n) is 6.41. The predicted molar refractivity (Wildman–Crippen MR) is 106 cm³/mol. The van der Waals surface area contributed by atoms with Gasteiger partial charge in [-0.25, -0.2) is 9.36 Å². The molecule has 1 aromatic carbocycles. The van der Waals surface area contributed by atoms with E-state index in [1.807, 2.05) is 36.7 Å². The van der Waals surface area contributed by atoms with Gasteiger partial charge in [0.25, 0.3) is 5.91 Å². The van der Waals surface area contributed by atoms with Crippen LogP contribution < -0.4 is 5.32 Å². The van der Waals surface area contributed by atoms with Gasteiger partial charge in [-0.1, -0.05) is 11.6 Å². The Balaban J connectivity index is 1.42. The Bertz CT molecular complexity index is 1120. The van der Waals surface area contributed by atoms with Crippen LogP contribution >= 0.6 is 11.6 Å². The van der Waals surface area contributed by atoms with Crippen molar-refractivity contribution in [3.8, 4) is 5.69 Å². The minimum atomic E-state index is -0.276. The summed E-state index contributed by atoms with van der Waals surface area (Å²) < 4.78 is 5.18. The molecule has 3 heterocycles. The normalized spacial score (nSPS) is 11.0. The van der Waals surface area contributed by atoms with Crippen LogP contribution in [-0.4, -0.2) is 35.2 Å². The Morgan fingerprint density at radius 1 is 1.14 bits per heavy atom. The minimum Gasteiger partial charge on any atom is -0.321 e. The van der Waals surface area contributed by atoms with E-state index in [0.717, 1.165) is 17.1 Å². The number of hydrogen-bond acceptors (Lipinski definition) is 4. The molecule has 0 aliphatic carbocycles. The summed E-state index contributed by atoms with van der Waals surface area (Å²) in [7, 11) is 0. The second kappa shape index (κ2) is 7.32. The monoisotopic (exact) mass is 395 g/mol. The number of carbonyl (C=O) groups excluding carboxylic acids is 1. The molecular weight excluding hydrogens is 378 g/mol. The van der Waals surface area contributed by atoms with Crippen molar-refractivity contribution >= 4 is 23.2 Å². The Kier molecular flexibility index (Phi) is 4.70. The molecule has 0 fully saturated rings. The maximum atomic E-state index is 12.5. The van der Waals surface area contributed by atoms with Crippen LogP contribution in [0.2, 0.25) is 5.02 Å². The number of carbonyl (C=O) groups is 1. The zero-order chi connectivity index (χ0) is 19.7. The topological polar surface area (TPSA) is 82.6 Å². The first-order valence-electron chi connectivity index (χ1n) is 8.64. The lowest BCUT2D eigenvalue weighted by molar-refractivity contribution is 0.102. The number of halogens is 1. The molecule has 0 aliphatic rings. The van der Waals surface area contributed by atoms with Gasteiger partial charge in [-0.2, -0.15) is 15.3 Å². The minimum absolute atomic E-state index is 0.276. The van der Waals surface area contributed by atoms with Gasteiger partial charge in [0.2, 0.25) is 0 Å². The number of amides is 1. The number of nitrogens with zero attached hydrogens (tertiary/aromatic N) is 6. The van der Waals surface area contributed by atoms with Crippen molar-refractivity contribution in [2.45, 2.75) is 20.5 Å². The van der Waals surface area contributed by atoms with Crippen molar-refractivity contribution in [1.29, 1.82) is 0 Å². The van der Waals surface area contributed by atoms with E-state index in [-0.39, 0.29) is 5.91 Å². The Morgan fingerprint density at radius 2 is 1.93 bits per heavy atom. The predicted octanol–water partition coefficient (Wildman–Crippen LogP) is 3.29. The standard InChI is InChI=1S/C19H18ClN7O/c1-13-9-14(2)27(23-13)12-25-8-7-18(24-25)19(28)22-16-3-5-17(6-4-16)26-11-15(20)10-21-26/h3-11H,12H2,1-2H3,(H,22,28). The van der Waals surface area contributed by atoms with Crippen molar-refractivity contribution in [1.82, 2.24) is 29.3 Å². The molecule has 1 N–H and O–H groups in total. The van der Waals surface area contributed by atoms with Gasteiger partial charge >= 0.3 is 0 Å². The zero-order valence-electron chi connectivity index (χ0n) is 15.4. The highest BCUT2D eigenvalue weighted by atomic mass is 35.5. The molecule has 0 saturated heterocycles. The maximum Gasteiger partial charge on any atom is 0.276 e. The Labute approximate surface area is 166 Å². The van der Waals surface area contributed by atoms with Crippen LogP contribution in [0.3, 0.4) is 0 Å². The summed E-state index contributed by atoms with van der Waals surface area (Å²) in [6.45, 7) is 4.38. The maximum absolute atomic E-state index is 12.5. The third kappa shape index (κ3) is 3.81. The molecule has 0 radical (unpaired) electrons. The first-order chi connectivity index (χ1) is 13.5. The number of aromatic nitrogens is 6. The molecule has 0 spiro atoms. The fourth-order valence-electron chi connectivity index (χ4n) is 2.85. The van der Waals surface area contributed by atoms with Gasteiger partial charge in [0.1, 0.15) is 6.67 Å². The second-order valence-corrected chi connectivity index (χ2v) is 6.85. The van der Waals surface area contributed by atoms with Crippen molar-refractivity contribution in [2.75, 3.05) is 5.32 Å². The van der Waals surface area contributed by atoms with Gasteiger partial charge < -0.3 is 5.32 Å². The van der Waals surface area contributed by atoms with Crippen LogP contribution in [-0.2, 0) is 6.67 Å². The highest BCUT2D eigenvalue weighted by Gasteiger charge is 2.11. The Hall–Kier alpha value is -3.39. The molecule has 0 saturated carbocycles. The summed E-state index contributed by atoms with van der Waals surface area (Å²) in [5.41, 5.74) is 3.84. The molecule has 0 atom stereocenters. The summed E-state index contributed by atoms with van der Waals surface area (Å²) in [4.78, 5) is 12.5. The largest absolute Gasteiger partial charge is 0.321 e. The van der Waals surface area contributed by atoms with Gasteiger partial charge in [-0.15, -0.1) is 0 Å². The SMILES string of the molecule is Cc1cc(C)n(Cn2ccc(C(=O)Nc3ccc(-n4cc(Cl)cn4)cc3)n2)n1. The van der Waals surface area contributed by atoms with Gasteiger partial charge in [-0.05, 0) is 50.2 Å². The van der Waals surface area contributed by atoms with E-state index in [1.165, 1.54) is 0 Å². The Morgan fingerprint density at radius 3 is 2.57 bits per heavy atom. The van der Waals surface area contributed by atoms with Crippen molar-refractivity contribution < 1.29 is 4.79 Å². The molecule has 4 rings (SSSR count). The summed E-state index contributed by atoms with van der Waals surface area (Å²) >= 11 is 5.89. The third-order valence-electron chi connectivity index (χ3n) is 4.20. The molecule has 3 aromatic heterocycles. The molecule has 0 aliphatic heterocycles. The number of rotatable bonds is 5. The molecular formula is C19H18ClN7O. The van der Waals surface area contributed by atoms with Crippen LogP contribution in [0.4, 0.5) is 5.69 Å². The molecule has 0 unspecified atom stereocenters. The van der Waals surface area contributed by atoms with Crippen molar-refractivity contribution in [3.05, 3.63) is 77.1 Å². The lowest BCUT2D eigenvalue weighted by Gasteiger charge is -2.06. The number of aryl methyl sites for hydroxylation is 2. The van der Waals surface area contributed by atoms with Gasteiger partial charge in [-0.3, -0.25) is 9.48 Å². The first-order valence-corrected chi connectivity index (χ1v) is 9.02. The summed E-state index contributed by atoms with van der Waals surface area (Å²) in [5.74, 6) is -0.276. The molecule has 9 heteroatoms. The molecule has 4 aromatic rings. The van der Waals surface area contributed by atoms with E-state index in [9.17, 15) is 4.79 Å². The van der Waals surface area contributed by atoms with Crippen molar-refractivity contribution in [3.63, 3.8) is 0 Å². The number of nitrogens with one attached hydrogen (secondary N) is 1. The van der Waals surface area contributed by atoms with Gasteiger partial charge in [0, 0.05) is 23.8 Å². The van der Waals surface area contributed by atoms with Crippen LogP contribution in [0.1, 0.15) is 21.9 Å². The molecule has 142 valence electrons. The molecule has 8 nitrogen and oxygen atoms in total. The quantitative estimate of drug-likeness (QED) is 0.562. The van der Waals surface area contributed by atoms with Crippen LogP contribution in [0.15, 0.2) is 55.0 Å². The molecule has 28 heavy (non-hydrogen) atoms. The van der Waals surface area contributed by atoms with E-state index in [0.29, 0.717) is 23.1 Å². The number of anilines is 1. The summed E-state index contributed by atoms with van der Waals surface area (Å²) in [5, 5.41) is 16.3. The highest BCUT2D eigenvalue weighted by molar-refractivity contribution is 6.30. The average molecular weight is 396 g/mol. The van der Waals surface area contributed by atoms with E-state index in [2.05, 4.69) is 20.6 Å². The van der Waals surface area contributed by atoms with E-state index in [4.69, 9.17) is 11.6 Å². The molecule has 1 amide bonds. The zero-order valence-corrected chi connectivity index (χ0v) is 16.1. The van der Waals surface area contributed by atoms with Gasteiger partial charge in [0.05, 0.1) is 22.6 Å². The smallest absolute Gasteiger partial charge is 0.276 e. The number of benzene rings is 1. The van der Waals surface area contributed by atoms with Gasteiger partial charge in [0.15, 0.2) is 5.69 Å². The highest BCUT2D eigenvalue weighted by Crippen LogP contribution is 2.16. The van der Waals surface area contributed by atoms with E-state index >= 15 is 0 Å². The fraction of sp³-hybridized carbons (Fsp3) is 0.158. The number of hydrogen-bond donors (Lipinski definition) is 1. The summed E-state index contributed by atoms with van der Waals surface area (Å²) in [6, 6.07) is 11.0. The lowest BCUT2D eigenvalue weighted by atomic mass is 10.2. The average Bonchev–Trinajstić information content (AvgIpc) is 3.37. The fourth-order valence-corrected chi connectivity index (χ4v) is 2.99. The van der Waals surface area contributed by atoms with Crippen molar-refractivity contribution in [2.24, 2.45) is 0 Å². The lowest BCUT2D eigenvalue weighted by Crippen LogP contribution is -2.15. The van der Waals surface area contributed by atoms with Crippen LogP contribution in [0.5, 0.6) is 0 Å².